The summed E-state index contributed by atoms with van der Waals surface area (Å²) in [6, 6.07) is 3.75. The lowest BCUT2D eigenvalue weighted by Gasteiger charge is -2.42. The number of benzene rings is 2. The highest BCUT2D eigenvalue weighted by atomic mass is 35.5. The molecule has 5 rings (SSSR count). The van der Waals surface area contributed by atoms with Crippen molar-refractivity contribution in [3.63, 3.8) is 0 Å². The Bertz CT molecular complexity index is 1370. The van der Waals surface area contributed by atoms with E-state index in [9.17, 15) is 34.8 Å². The summed E-state index contributed by atoms with van der Waals surface area (Å²) >= 11 is 0. The smallest absolute Gasteiger partial charge is 0.202 e. The molecule has 6 N–H and O–H groups in total. The number of aliphatic hydroxyl groups excluding tert-OH is 1. The molecule has 0 amide bonds. The number of rotatable bonds is 4. The second-order valence-corrected chi connectivity index (χ2v) is 10.1. The van der Waals surface area contributed by atoms with Crippen molar-refractivity contribution in [1.29, 1.82) is 0 Å². The Labute approximate surface area is 229 Å². The Morgan fingerprint density at radius 3 is 2.41 bits per heavy atom. The van der Waals surface area contributed by atoms with Crippen LogP contribution in [-0.4, -0.2) is 75.0 Å². The minimum absolute atomic E-state index is 0. The van der Waals surface area contributed by atoms with Crippen LogP contribution in [-0.2, 0) is 20.7 Å². The van der Waals surface area contributed by atoms with Gasteiger partial charge in [0.15, 0.2) is 17.9 Å². The van der Waals surface area contributed by atoms with Crippen molar-refractivity contribution in [2.75, 3.05) is 7.11 Å². The van der Waals surface area contributed by atoms with Gasteiger partial charge in [-0.2, -0.15) is 0 Å². The molecule has 1 saturated heterocycles. The van der Waals surface area contributed by atoms with Gasteiger partial charge in [0.25, 0.3) is 0 Å². The molecule has 2 aliphatic carbocycles. The van der Waals surface area contributed by atoms with Crippen molar-refractivity contribution in [1.82, 2.24) is 0 Å². The average molecular weight is 563 g/mol. The first-order chi connectivity index (χ1) is 17.9. The van der Waals surface area contributed by atoms with Crippen molar-refractivity contribution in [2.24, 2.45) is 5.73 Å². The number of nitrogens with two attached hydrogens (primary N) is 1. The van der Waals surface area contributed by atoms with E-state index in [0.717, 1.165) is 0 Å². The SMILES string of the molecule is COc1cccc2c1C(=O)c1c(O)c3c(c(O)c1C2=O)C[C@](O)(C(C)=O)CC3OC1CC(N)C(O)C(C)O1.[Cl-]. The molecule has 0 aromatic heterocycles. The highest BCUT2D eigenvalue weighted by Crippen LogP contribution is 2.52. The van der Waals surface area contributed by atoms with Gasteiger partial charge in [-0.1, -0.05) is 12.1 Å². The van der Waals surface area contributed by atoms with Crippen LogP contribution in [0.2, 0.25) is 0 Å². The van der Waals surface area contributed by atoms with Crippen molar-refractivity contribution >= 4 is 17.3 Å². The maximum atomic E-state index is 13.6. The van der Waals surface area contributed by atoms with Crippen molar-refractivity contribution in [3.8, 4) is 17.2 Å². The van der Waals surface area contributed by atoms with Gasteiger partial charge in [-0.05, 0) is 19.9 Å². The lowest BCUT2D eigenvalue weighted by atomic mass is 9.72. The Balaban J connectivity index is 0.00000353. The Kier molecular flexibility index (Phi) is 7.54. The maximum absolute atomic E-state index is 13.6. The number of ketones is 3. The molecule has 39 heavy (non-hydrogen) atoms. The molecule has 2 aromatic carbocycles. The van der Waals surface area contributed by atoms with Crippen LogP contribution >= 0.6 is 0 Å². The predicted octanol–water partition coefficient (Wildman–Crippen LogP) is -1.97. The molecular weight excluding hydrogens is 534 g/mol. The Morgan fingerprint density at radius 1 is 1.13 bits per heavy atom. The fourth-order valence-corrected chi connectivity index (χ4v) is 5.66. The van der Waals surface area contributed by atoms with E-state index < -0.39 is 82.6 Å². The topological polar surface area (TPSA) is 186 Å². The second kappa shape index (κ2) is 10.2. The number of ether oxygens (including phenoxy) is 3. The van der Waals surface area contributed by atoms with Crippen LogP contribution in [0.25, 0.3) is 0 Å². The van der Waals surface area contributed by atoms with Crippen LogP contribution in [0.5, 0.6) is 17.2 Å². The summed E-state index contributed by atoms with van der Waals surface area (Å²) in [6.45, 7) is 2.79. The molecule has 0 saturated carbocycles. The fourth-order valence-electron chi connectivity index (χ4n) is 5.66. The standard InChI is InChI=1S/C27H29NO10.ClH/c1-10-22(30)14(28)7-17(37-10)38-16-9-27(35,11(2)29)8-13-19(16)26(34)21-20(24(13)32)23(31)12-5-4-6-15(36-3)18(12)25(21)33;/h4-6,10,14,16-17,22,30,32,34-35H,7-9,28H2,1-3H3;1H/p-1/t10?,14?,16?,17?,22?,27-;/m1./s1. The zero-order chi connectivity index (χ0) is 27.7. The van der Waals surface area contributed by atoms with E-state index in [1.807, 2.05) is 0 Å². The van der Waals surface area contributed by atoms with Gasteiger partial charge in [0.1, 0.15) is 22.8 Å². The van der Waals surface area contributed by atoms with Crippen molar-refractivity contribution in [3.05, 3.63) is 51.6 Å². The monoisotopic (exact) mass is 562 g/mol. The number of halogens is 1. The molecule has 12 heteroatoms. The number of hydrogen-bond acceptors (Lipinski definition) is 11. The first-order valence-electron chi connectivity index (χ1n) is 12.2. The molecule has 2 aromatic rings. The van der Waals surface area contributed by atoms with Gasteiger partial charge in [0, 0.05) is 42.0 Å². The highest BCUT2D eigenvalue weighted by molar-refractivity contribution is 6.31. The molecule has 0 bridgehead atoms. The molecule has 1 fully saturated rings. The number of carbonyl (C=O) groups excluding carboxylic acids is 3. The molecule has 1 heterocycles. The predicted molar refractivity (Wildman–Crippen MR) is 130 cm³/mol. The summed E-state index contributed by atoms with van der Waals surface area (Å²) in [6.07, 6.45) is -4.53. The minimum Gasteiger partial charge on any atom is -1.00 e. The van der Waals surface area contributed by atoms with E-state index in [2.05, 4.69) is 0 Å². The van der Waals surface area contributed by atoms with Gasteiger partial charge in [-0.3, -0.25) is 14.4 Å². The van der Waals surface area contributed by atoms with Crippen LogP contribution in [0.4, 0.5) is 0 Å². The van der Waals surface area contributed by atoms with E-state index in [-0.39, 0.29) is 53.3 Å². The number of fused-ring (bicyclic) bond motifs is 3. The van der Waals surface area contributed by atoms with E-state index >= 15 is 0 Å². The fraction of sp³-hybridized carbons (Fsp3) is 0.444. The normalized spacial score (nSPS) is 29.5. The summed E-state index contributed by atoms with van der Waals surface area (Å²) in [7, 11) is 1.34. The van der Waals surface area contributed by atoms with Crippen LogP contribution in [0.1, 0.15) is 75.8 Å². The van der Waals surface area contributed by atoms with E-state index in [0.29, 0.717) is 0 Å². The first kappa shape index (κ1) is 28.9. The largest absolute Gasteiger partial charge is 1.00 e. The highest BCUT2D eigenvalue weighted by Gasteiger charge is 2.49. The number of carbonyl (C=O) groups is 3. The van der Waals surface area contributed by atoms with Gasteiger partial charge in [-0.25, -0.2) is 0 Å². The summed E-state index contributed by atoms with van der Waals surface area (Å²) < 4.78 is 17.1. The number of Topliss-reactive ketones (excluding diaryl/α,β-unsaturated/α-hetero) is 1. The number of methoxy groups -OCH3 is 1. The average Bonchev–Trinajstić information content (AvgIpc) is 2.87. The molecule has 3 aliphatic rings. The zero-order valence-corrected chi connectivity index (χ0v) is 22.2. The van der Waals surface area contributed by atoms with Crippen molar-refractivity contribution in [2.45, 2.75) is 69.4 Å². The quantitative estimate of drug-likeness (QED) is 0.222. The third kappa shape index (κ3) is 4.39. The summed E-state index contributed by atoms with van der Waals surface area (Å²) in [5.74, 6) is -3.18. The lowest BCUT2D eigenvalue weighted by Crippen LogP contribution is -3.00. The first-order valence-corrected chi connectivity index (χ1v) is 12.2. The Morgan fingerprint density at radius 2 is 1.79 bits per heavy atom. The molecule has 1 aliphatic heterocycles. The second-order valence-electron chi connectivity index (χ2n) is 10.1. The van der Waals surface area contributed by atoms with E-state index in [4.69, 9.17) is 19.9 Å². The van der Waals surface area contributed by atoms with Gasteiger partial charge >= 0.3 is 0 Å². The minimum atomic E-state index is -2.00. The summed E-state index contributed by atoms with van der Waals surface area (Å²) in [5.41, 5.74) is 2.97. The zero-order valence-electron chi connectivity index (χ0n) is 21.4. The number of aliphatic hydroxyl groups is 2. The molecule has 0 radical (unpaired) electrons. The van der Waals surface area contributed by atoms with Crippen molar-refractivity contribution < 1.29 is 61.4 Å². The molecule has 6 atom stereocenters. The van der Waals surface area contributed by atoms with Gasteiger partial charge < -0.3 is 52.8 Å². The van der Waals surface area contributed by atoms with E-state index in [1.165, 1.54) is 32.2 Å². The molecule has 210 valence electrons. The summed E-state index contributed by atoms with van der Waals surface area (Å²) in [5, 5.41) is 44.1. The number of phenolic OH excluding ortho intramolecular Hbond substituents is 2. The third-order valence-corrected chi connectivity index (χ3v) is 7.80. The van der Waals surface area contributed by atoms with Gasteiger partial charge in [-0.15, -0.1) is 0 Å². The maximum Gasteiger partial charge on any atom is 0.202 e. The Hall–Kier alpha value is -3.06. The van der Waals surface area contributed by atoms with Gasteiger partial charge in [0.2, 0.25) is 5.78 Å². The van der Waals surface area contributed by atoms with Gasteiger partial charge in [0.05, 0.1) is 42.1 Å². The number of aromatic hydroxyl groups is 2. The number of hydrogen-bond donors (Lipinski definition) is 5. The van der Waals surface area contributed by atoms with Crippen LogP contribution in [0.15, 0.2) is 18.2 Å². The van der Waals surface area contributed by atoms with Crippen LogP contribution < -0.4 is 22.9 Å². The summed E-state index contributed by atoms with van der Waals surface area (Å²) in [4.78, 5) is 39.6. The lowest BCUT2D eigenvalue weighted by molar-refractivity contribution is -0.247. The van der Waals surface area contributed by atoms with E-state index in [1.54, 1.807) is 6.92 Å². The molecule has 5 unspecified atom stereocenters. The molecular formula is C27H29ClNO10-. The van der Waals surface area contributed by atoms with Crippen LogP contribution in [0.3, 0.4) is 0 Å². The van der Waals surface area contributed by atoms with Crippen LogP contribution in [0, 0.1) is 0 Å². The third-order valence-electron chi connectivity index (χ3n) is 7.80. The number of phenols is 2. The molecule has 11 nitrogen and oxygen atoms in total. The molecule has 0 spiro atoms.